The molecule has 2 heterocycles. The molecule has 0 saturated heterocycles. The fourth-order valence-electron chi connectivity index (χ4n) is 0.937. The largest absolute Gasteiger partial charge is 0.446 e. The molecule has 0 fully saturated rings. The van der Waals surface area contributed by atoms with E-state index in [2.05, 4.69) is 4.99 Å². The first-order valence-corrected chi connectivity index (χ1v) is 3.42. The van der Waals surface area contributed by atoms with Crippen LogP contribution in [0.25, 0.3) is 0 Å². The second kappa shape index (κ2) is 2.58. The maximum Gasteiger partial charge on any atom is 0.225 e. The second-order valence-electron chi connectivity index (χ2n) is 2.20. The Morgan fingerprint density at radius 1 is 1.18 bits per heavy atom. The molecule has 11 heavy (non-hydrogen) atoms. The summed E-state index contributed by atoms with van der Waals surface area (Å²) in [5, 5.41) is 0. The first-order chi connectivity index (χ1) is 5.47. The molecule has 0 aromatic rings. The monoisotopic (exact) mass is 145 g/mol. The normalized spacial score (nSPS) is 19.6. The van der Waals surface area contributed by atoms with Gasteiger partial charge < -0.3 is 4.74 Å². The summed E-state index contributed by atoms with van der Waals surface area (Å²) in [7, 11) is 0. The minimum atomic E-state index is 0.664. The third kappa shape index (κ3) is 1.15. The van der Waals surface area contributed by atoms with E-state index in [0.29, 0.717) is 5.90 Å². The van der Waals surface area contributed by atoms with E-state index in [1.165, 1.54) is 0 Å². The molecular weight excluding hydrogens is 138 g/mol. The van der Waals surface area contributed by atoms with Gasteiger partial charge in [0, 0.05) is 11.8 Å². The molecule has 0 bridgehead atoms. The number of allylic oxidation sites excluding steroid dienone is 4. The van der Waals surface area contributed by atoms with Crippen LogP contribution in [0.1, 0.15) is 0 Å². The van der Waals surface area contributed by atoms with E-state index in [9.17, 15) is 0 Å². The Hall–Kier alpha value is -1.57. The number of nitrogens with zero attached hydrogens (tertiary/aromatic N) is 1. The van der Waals surface area contributed by atoms with Crippen molar-refractivity contribution in [2.24, 2.45) is 4.99 Å². The molecule has 0 saturated carbocycles. The number of fused-ring (bicyclic) bond motifs is 1. The zero-order chi connectivity index (χ0) is 7.52. The summed E-state index contributed by atoms with van der Waals surface area (Å²) in [6.45, 7) is 0. The Kier molecular flexibility index (Phi) is 1.44. The Labute approximate surface area is 64.9 Å². The predicted molar refractivity (Wildman–Crippen MR) is 44.0 cm³/mol. The minimum absolute atomic E-state index is 0.664. The highest BCUT2D eigenvalue weighted by atomic mass is 16.5. The predicted octanol–water partition coefficient (Wildman–Crippen LogP) is 1.94. The van der Waals surface area contributed by atoms with Gasteiger partial charge in [-0.1, -0.05) is 6.08 Å². The molecule has 0 N–H and O–H groups in total. The molecule has 0 atom stereocenters. The van der Waals surface area contributed by atoms with Gasteiger partial charge in [0.1, 0.15) is 0 Å². The second-order valence-corrected chi connectivity index (χ2v) is 2.20. The van der Waals surface area contributed by atoms with Crippen LogP contribution in [0.5, 0.6) is 0 Å². The molecule has 0 aromatic carbocycles. The molecule has 2 aliphatic rings. The smallest absolute Gasteiger partial charge is 0.225 e. The lowest BCUT2D eigenvalue weighted by molar-refractivity contribution is 0.470. The maximum absolute atomic E-state index is 5.16. The fraction of sp³-hybridized carbons (Fsp3) is 0. The van der Waals surface area contributed by atoms with Gasteiger partial charge in [-0.15, -0.1) is 0 Å². The van der Waals surface area contributed by atoms with E-state index < -0.39 is 0 Å². The van der Waals surface area contributed by atoms with Crippen LogP contribution >= 0.6 is 0 Å². The average Bonchev–Trinajstić information content (AvgIpc) is 2.28. The maximum atomic E-state index is 5.16. The molecule has 0 amide bonds. The quantitative estimate of drug-likeness (QED) is 0.510. The van der Waals surface area contributed by atoms with Crippen molar-refractivity contribution in [3.8, 4) is 0 Å². The molecule has 0 radical (unpaired) electrons. The highest BCUT2D eigenvalue weighted by Crippen LogP contribution is 2.11. The summed E-state index contributed by atoms with van der Waals surface area (Å²) < 4.78 is 5.16. The van der Waals surface area contributed by atoms with Gasteiger partial charge in [0.15, 0.2) is 0 Å². The lowest BCUT2D eigenvalue weighted by Gasteiger charge is -2.06. The van der Waals surface area contributed by atoms with Crippen molar-refractivity contribution >= 4 is 5.90 Å². The first kappa shape index (κ1) is 6.16. The molecule has 2 nitrogen and oxygen atoms in total. The van der Waals surface area contributed by atoms with E-state index in [1.807, 2.05) is 30.4 Å². The Bertz CT molecular complexity index is 306. The van der Waals surface area contributed by atoms with Gasteiger partial charge in [0.05, 0.1) is 6.26 Å². The molecule has 0 spiro atoms. The molecule has 2 aliphatic heterocycles. The Balaban J connectivity index is 2.44. The lowest BCUT2D eigenvalue weighted by atomic mass is 10.2. The van der Waals surface area contributed by atoms with Crippen LogP contribution in [0.4, 0.5) is 0 Å². The molecule has 0 unspecified atom stereocenters. The van der Waals surface area contributed by atoms with E-state index in [4.69, 9.17) is 4.74 Å². The van der Waals surface area contributed by atoms with Gasteiger partial charge in [0.25, 0.3) is 0 Å². The Morgan fingerprint density at radius 3 is 3.18 bits per heavy atom. The zero-order valence-electron chi connectivity index (χ0n) is 5.90. The number of hydrogen-bond acceptors (Lipinski definition) is 2. The van der Waals surface area contributed by atoms with Crippen LogP contribution in [-0.4, -0.2) is 5.90 Å². The van der Waals surface area contributed by atoms with Crippen molar-refractivity contribution < 1.29 is 4.74 Å². The Morgan fingerprint density at radius 2 is 2.18 bits per heavy atom. The summed E-state index contributed by atoms with van der Waals surface area (Å²) in [5.41, 5.74) is 1.01. The molecule has 0 aliphatic carbocycles. The van der Waals surface area contributed by atoms with Crippen molar-refractivity contribution in [3.63, 3.8) is 0 Å². The summed E-state index contributed by atoms with van der Waals surface area (Å²) in [6.07, 6.45) is 12.9. The molecular formula is C9H7NO. The third-order valence-corrected chi connectivity index (χ3v) is 1.45. The van der Waals surface area contributed by atoms with E-state index >= 15 is 0 Å². The van der Waals surface area contributed by atoms with Gasteiger partial charge in [-0.25, -0.2) is 4.99 Å². The van der Waals surface area contributed by atoms with Gasteiger partial charge >= 0.3 is 0 Å². The highest BCUT2D eigenvalue weighted by molar-refractivity contribution is 5.98. The van der Waals surface area contributed by atoms with Gasteiger partial charge in [0.2, 0.25) is 5.90 Å². The summed E-state index contributed by atoms with van der Waals surface area (Å²) >= 11 is 0. The molecule has 2 heteroatoms. The van der Waals surface area contributed by atoms with E-state index in [1.54, 1.807) is 12.5 Å². The zero-order valence-corrected chi connectivity index (χ0v) is 5.90. The molecule has 54 valence electrons. The van der Waals surface area contributed by atoms with Gasteiger partial charge in [-0.3, -0.25) is 0 Å². The highest BCUT2D eigenvalue weighted by Gasteiger charge is 2.06. The van der Waals surface area contributed by atoms with Crippen LogP contribution in [0, 0.1) is 0 Å². The number of hydrogen-bond donors (Lipinski definition) is 0. The van der Waals surface area contributed by atoms with Crippen LogP contribution < -0.4 is 0 Å². The van der Waals surface area contributed by atoms with Crippen LogP contribution in [0.15, 0.2) is 53.4 Å². The summed E-state index contributed by atoms with van der Waals surface area (Å²) in [4.78, 5) is 4.08. The van der Waals surface area contributed by atoms with Crippen molar-refractivity contribution in [2.45, 2.75) is 0 Å². The summed E-state index contributed by atoms with van der Waals surface area (Å²) in [5.74, 6) is 0.664. The van der Waals surface area contributed by atoms with Gasteiger partial charge in [-0.05, 0) is 24.3 Å². The topological polar surface area (TPSA) is 21.6 Å². The minimum Gasteiger partial charge on any atom is -0.446 e. The van der Waals surface area contributed by atoms with Crippen molar-refractivity contribution in [2.75, 3.05) is 0 Å². The number of ether oxygens (including phenoxy) is 1. The fourth-order valence-corrected chi connectivity index (χ4v) is 0.937. The van der Waals surface area contributed by atoms with Crippen LogP contribution in [0.3, 0.4) is 0 Å². The average molecular weight is 145 g/mol. The van der Waals surface area contributed by atoms with Crippen molar-refractivity contribution in [3.05, 3.63) is 48.4 Å². The van der Waals surface area contributed by atoms with E-state index in [-0.39, 0.29) is 0 Å². The van der Waals surface area contributed by atoms with Crippen molar-refractivity contribution in [1.82, 2.24) is 0 Å². The molecule has 2 rings (SSSR count). The SMILES string of the molecule is C1=CN=C2OC=CC=C2C=C1. The number of rotatable bonds is 0. The van der Waals surface area contributed by atoms with Crippen molar-refractivity contribution in [1.29, 1.82) is 0 Å². The number of aliphatic imine (C=N–C) groups is 1. The summed E-state index contributed by atoms with van der Waals surface area (Å²) in [6, 6.07) is 0. The standard InChI is InChI=1S/C9H7NO/c1-2-6-10-9-8(4-1)5-3-7-11-9/h1-7H. The third-order valence-electron chi connectivity index (χ3n) is 1.45. The van der Waals surface area contributed by atoms with Gasteiger partial charge in [-0.2, -0.15) is 0 Å². The van der Waals surface area contributed by atoms with E-state index in [0.717, 1.165) is 5.57 Å². The van der Waals surface area contributed by atoms with Crippen LogP contribution in [0.2, 0.25) is 0 Å². The first-order valence-electron chi connectivity index (χ1n) is 3.42. The lowest BCUT2D eigenvalue weighted by Crippen LogP contribution is -2.04. The van der Waals surface area contributed by atoms with Crippen LogP contribution in [-0.2, 0) is 4.74 Å². The molecule has 0 aromatic heterocycles.